The van der Waals surface area contributed by atoms with E-state index in [4.69, 9.17) is 0 Å². The highest BCUT2D eigenvalue weighted by Crippen LogP contribution is 2.33. The van der Waals surface area contributed by atoms with E-state index in [2.05, 4.69) is 15.0 Å². The van der Waals surface area contributed by atoms with Gasteiger partial charge in [0.1, 0.15) is 5.75 Å². The summed E-state index contributed by atoms with van der Waals surface area (Å²) in [5.74, 6) is -0.922. The number of benzene rings is 2. The summed E-state index contributed by atoms with van der Waals surface area (Å²) in [5, 5.41) is 2.72. The van der Waals surface area contributed by atoms with Crippen molar-refractivity contribution < 1.29 is 26.7 Å². The van der Waals surface area contributed by atoms with E-state index in [0.717, 1.165) is 25.9 Å². The van der Waals surface area contributed by atoms with Crippen LogP contribution in [0.3, 0.4) is 0 Å². The highest BCUT2D eigenvalue weighted by molar-refractivity contribution is 7.89. The fraction of sp³-hybridized carbons (Fsp3) is 0.409. The number of para-hydroxylation sites is 1. The van der Waals surface area contributed by atoms with E-state index in [-0.39, 0.29) is 16.2 Å². The molecule has 0 spiro atoms. The van der Waals surface area contributed by atoms with Crippen LogP contribution in [0.5, 0.6) is 5.75 Å². The fourth-order valence-electron chi connectivity index (χ4n) is 3.76. The molecule has 0 aliphatic carbocycles. The summed E-state index contributed by atoms with van der Waals surface area (Å²) in [6.45, 7) is 2.60. The molecule has 0 bridgehead atoms. The van der Waals surface area contributed by atoms with Crippen LogP contribution in [-0.4, -0.2) is 51.4 Å². The molecule has 0 aromatic heterocycles. The average molecular weight is 468 g/mol. The highest BCUT2D eigenvalue weighted by Gasteiger charge is 2.25. The second-order valence-corrected chi connectivity index (χ2v) is 9.23. The minimum atomic E-state index is -3.75. The van der Waals surface area contributed by atoms with Crippen molar-refractivity contribution in [1.82, 2.24) is 4.31 Å². The number of ether oxygens (including phenoxy) is 1. The van der Waals surface area contributed by atoms with Gasteiger partial charge in [0.25, 0.3) is 5.91 Å². The van der Waals surface area contributed by atoms with Crippen LogP contribution in [0.2, 0.25) is 0 Å². The van der Waals surface area contributed by atoms with Crippen molar-refractivity contribution >= 4 is 27.3 Å². The lowest BCUT2D eigenvalue weighted by atomic mass is 10.1. The largest absolute Gasteiger partial charge is 0.434 e. The van der Waals surface area contributed by atoms with Gasteiger partial charge in [0.2, 0.25) is 10.0 Å². The molecule has 1 fully saturated rings. The number of hydrogen-bond acceptors (Lipinski definition) is 5. The molecular formula is C22H27F2N3O4S. The van der Waals surface area contributed by atoms with E-state index in [9.17, 15) is 22.0 Å². The van der Waals surface area contributed by atoms with Gasteiger partial charge < -0.3 is 15.0 Å². The number of sulfonamides is 1. The number of nitrogens with zero attached hydrogens (tertiary/aromatic N) is 2. The first-order valence-electron chi connectivity index (χ1n) is 10.5. The summed E-state index contributed by atoms with van der Waals surface area (Å²) < 4.78 is 57.3. The van der Waals surface area contributed by atoms with Gasteiger partial charge in [-0.2, -0.15) is 13.1 Å². The quantitative estimate of drug-likeness (QED) is 0.599. The molecule has 1 heterocycles. The maximum absolute atomic E-state index is 13.0. The summed E-state index contributed by atoms with van der Waals surface area (Å²) in [7, 11) is -3.75. The van der Waals surface area contributed by atoms with Crippen molar-refractivity contribution in [3.05, 3.63) is 48.0 Å². The van der Waals surface area contributed by atoms with Crippen molar-refractivity contribution in [2.24, 2.45) is 0 Å². The van der Waals surface area contributed by atoms with E-state index in [1.54, 1.807) is 19.9 Å². The van der Waals surface area contributed by atoms with Crippen molar-refractivity contribution in [2.45, 2.75) is 38.2 Å². The molecule has 7 nitrogen and oxygen atoms in total. The lowest BCUT2D eigenvalue weighted by Gasteiger charge is -2.24. The van der Waals surface area contributed by atoms with Crippen molar-refractivity contribution in [3.8, 4) is 5.75 Å². The number of carbonyl (C=O) groups is 1. The van der Waals surface area contributed by atoms with Crippen molar-refractivity contribution in [3.63, 3.8) is 0 Å². The molecule has 0 saturated carbocycles. The van der Waals surface area contributed by atoms with E-state index >= 15 is 0 Å². The Morgan fingerprint density at radius 1 is 1.12 bits per heavy atom. The van der Waals surface area contributed by atoms with Crippen LogP contribution < -0.4 is 15.0 Å². The Bertz CT molecular complexity index is 1050. The van der Waals surface area contributed by atoms with Crippen molar-refractivity contribution in [2.75, 3.05) is 36.4 Å². The van der Waals surface area contributed by atoms with Gasteiger partial charge in [-0.15, -0.1) is 0 Å². The Labute approximate surface area is 187 Å². The van der Waals surface area contributed by atoms with Crippen LogP contribution >= 0.6 is 0 Å². The van der Waals surface area contributed by atoms with Crippen LogP contribution in [0.15, 0.2) is 47.4 Å². The Morgan fingerprint density at radius 3 is 2.41 bits per heavy atom. The monoisotopic (exact) mass is 467 g/mol. The summed E-state index contributed by atoms with van der Waals surface area (Å²) in [4.78, 5) is 15.1. The van der Waals surface area contributed by atoms with Crippen molar-refractivity contribution in [1.29, 1.82) is 0 Å². The van der Waals surface area contributed by atoms with Crippen LogP contribution in [-0.2, 0) is 10.0 Å². The number of alkyl halides is 2. The highest BCUT2D eigenvalue weighted by atomic mass is 32.2. The number of anilines is 2. The lowest BCUT2D eigenvalue weighted by Crippen LogP contribution is -2.31. The standard InChI is InChI=1S/C22H27F2N3O4S/c1-3-27(4-2)32(29,30)16-11-12-19(26-13-7-8-14-26)18(15-16)25-21(28)17-9-5-6-10-20(17)31-22(23)24/h5-6,9-12,15,22H,3-4,7-8,13-14H2,1-2H3,(H,25,28). The number of halogens is 2. The molecule has 2 aromatic carbocycles. The number of hydrogen-bond donors (Lipinski definition) is 1. The SMILES string of the molecule is CCN(CC)S(=O)(=O)c1ccc(N2CCCC2)c(NC(=O)c2ccccc2OC(F)F)c1. The molecule has 0 radical (unpaired) electrons. The minimum Gasteiger partial charge on any atom is -0.434 e. The van der Waals surface area contributed by atoms with Crippen LogP contribution in [0, 0.1) is 0 Å². The van der Waals surface area contributed by atoms with E-state index in [0.29, 0.717) is 24.5 Å². The van der Waals surface area contributed by atoms with Gasteiger partial charge in [-0.1, -0.05) is 26.0 Å². The number of nitrogens with one attached hydrogen (secondary N) is 1. The smallest absolute Gasteiger partial charge is 0.387 e. The minimum absolute atomic E-state index is 0.0524. The topological polar surface area (TPSA) is 79.0 Å². The van der Waals surface area contributed by atoms with Gasteiger partial charge in [0.15, 0.2) is 0 Å². The molecule has 1 amide bonds. The van der Waals surface area contributed by atoms with Gasteiger partial charge in [-0.05, 0) is 43.2 Å². The van der Waals surface area contributed by atoms with Gasteiger partial charge in [-0.25, -0.2) is 8.42 Å². The maximum atomic E-state index is 13.0. The second-order valence-electron chi connectivity index (χ2n) is 7.29. The normalized spacial score (nSPS) is 14.2. The molecular weight excluding hydrogens is 440 g/mol. The molecule has 174 valence electrons. The summed E-state index contributed by atoms with van der Waals surface area (Å²) in [6, 6.07) is 10.3. The van der Waals surface area contributed by atoms with Crippen LogP contribution in [0.25, 0.3) is 0 Å². The summed E-state index contributed by atoms with van der Waals surface area (Å²) in [5.41, 5.74) is 0.913. The van der Waals surface area contributed by atoms with E-state index in [1.165, 1.54) is 40.7 Å². The Balaban J connectivity index is 2.01. The molecule has 0 unspecified atom stereocenters. The molecule has 1 aliphatic rings. The molecule has 32 heavy (non-hydrogen) atoms. The molecule has 10 heteroatoms. The third-order valence-electron chi connectivity index (χ3n) is 5.35. The Hall–Kier alpha value is -2.72. The van der Waals surface area contributed by atoms with Gasteiger partial charge in [0, 0.05) is 26.2 Å². The third-order valence-corrected chi connectivity index (χ3v) is 7.40. The van der Waals surface area contributed by atoms with Crippen LogP contribution in [0.1, 0.15) is 37.0 Å². The number of rotatable bonds is 9. The zero-order valence-corrected chi connectivity index (χ0v) is 18.9. The molecule has 1 saturated heterocycles. The zero-order chi connectivity index (χ0) is 23.3. The van der Waals surface area contributed by atoms with Gasteiger partial charge in [0.05, 0.1) is 21.8 Å². The predicted octanol–water partition coefficient (Wildman–Crippen LogP) is 4.17. The van der Waals surface area contributed by atoms with Gasteiger partial charge in [-0.3, -0.25) is 4.79 Å². The molecule has 0 atom stereocenters. The van der Waals surface area contributed by atoms with Gasteiger partial charge >= 0.3 is 6.61 Å². The predicted molar refractivity (Wildman–Crippen MR) is 119 cm³/mol. The van der Waals surface area contributed by atoms with Crippen LogP contribution in [0.4, 0.5) is 20.2 Å². The second kappa shape index (κ2) is 10.3. The Morgan fingerprint density at radius 2 is 1.78 bits per heavy atom. The van der Waals surface area contributed by atoms with E-state index < -0.39 is 22.5 Å². The number of amides is 1. The first-order valence-corrected chi connectivity index (χ1v) is 12.0. The average Bonchev–Trinajstić information content (AvgIpc) is 3.29. The Kier molecular flexibility index (Phi) is 7.68. The molecule has 3 rings (SSSR count). The molecule has 1 N–H and O–H groups in total. The molecule has 1 aliphatic heterocycles. The first-order chi connectivity index (χ1) is 15.3. The fourth-order valence-corrected chi connectivity index (χ4v) is 5.25. The number of carbonyl (C=O) groups excluding carboxylic acids is 1. The zero-order valence-electron chi connectivity index (χ0n) is 18.1. The first kappa shape index (κ1) is 23.9. The van der Waals surface area contributed by atoms with E-state index in [1.807, 2.05) is 0 Å². The lowest BCUT2D eigenvalue weighted by molar-refractivity contribution is -0.0501. The molecule has 2 aromatic rings. The summed E-state index contributed by atoms with van der Waals surface area (Å²) >= 11 is 0. The third kappa shape index (κ3) is 5.18. The summed E-state index contributed by atoms with van der Waals surface area (Å²) in [6.07, 6.45) is 1.97. The maximum Gasteiger partial charge on any atom is 0.387 e.